The average molecular weight is 293 g/mol. The molecule has 1 N–H and O–H groups in total. The quantitative estimate of drug-likeness (QED) is 0.839. The maximum absolute atomic E-state index is 12.4. The van der Waals surface area contributed by atoms with Gasteiger partial charge in [-0.15, -0.1) is 0 Å². The minimum absolute atomic E-state index is 0.00300. The first-order chi connectivity index (χ1) is 10.0. The number of likely N-dealkylation sites (tertiary alicyclic amines) is 1. The molecule has 2 heterocycles. The van der Waals surface area contributed by atoms with Crippen LogP contribution in [0.4, 0.5) is 0 Å². The van der Waals surface area contributed by atoms with Crippen molar-refractivity contribution in [2.24, 2.45) is 0 Å². The normalized spacial score (nSPS) is 19.4. The van der Waals surface area contributed by atoms with E-state index in [-0.39, 0.29) is 29.9 Å². The molecule has 1 saturated heterocycles. The Morgan fingerprint density at radius 3 is 2.76 bits per heavy atom. The summed E-state index contributed by atoms with van der Waals surface area (Å²) in [5, 5.41) is 7.08. The molecule has 1 aliphatic rings. The summed E-state index contributed by atoms with van der Waals surface area (Å²) in [5.41, 5.74) is 0. The van der Waals surface area contributed by atoms with Crippen LogP contribution in [-0.2, 0) is 9.59 Å². The van der Waals surface area contributed by atoms with Crippen LogP contribution >= 0.6 is 0 Å². The molecule has 7 nitrogen and oxygen atoms in total. The Labute approximate surface area is 124 Å². The van der Waals surface area contributed by atoms with Crippen molar-refractivity contribution in [1.29, 1.82) is 0 Å². The lowest BCUT2D eigenvalue weighted by molar-refractivity contribution is -0.138. The van der Waals surface area contributed by atoms with Crippen molar-refractivity contribution >= 4 is 11.8 Å². The molecule has 0 bridgehead atoms. The lowest BCUT2D eigenvalue weighted by atomic mass is 10.1. The molecule has 0 spiro atoms. The molecule has 0 saturated carbocycles. The van der Waals surface area contributed by atoms with Crippen LogP contribution in [-0.4, -0.2) is 50.1 Å². The Morgan fingerprint density at radius 1 is 1.48 bits per heavy atom. The zero-order valence-corrected chi connectivity index (χ0v) is 12.8. The summed E-state index contributed by atoms with van der Waals surface area (Å²) in [6.07, 6.45) is 5.13. The van der Waals surface area contributed by atoms with Gasteiger partial charge in [0.05, 0.1) is 6.04 Å². The highest BCUT2D eigenvalue weighted by atomic mass is 16.2. The summed E-state index contributed by atoms with van der Waals surface area (Å²) in [6, 6.07) is -0.459. The van der Waals surface area contributed by atoms with Crippen LogP contribution in [0.2, 0.25) is 0 Å². The number of carbonyl (C=O) groups excluding carboxylic acids is 2. The highest BCUT2D eigenvalue weighted by molar-refractivity contribution is 5.88. The second-order valence-corrected chi connectivity index (χ2v) is 5.53. The van der Waals surface area contributed by atoms with Crippen molar-refractivity contribution in [2.45, 2.75) is 58.2 Å². The van der Waals surface area contributed by atoms with E-state index in [1.54, 1.807) is 15.9 Å². The molecule has 116 valence electrons. The molecule has 0 aromatic carbocycles. The number of hydrogen-bond acceptors (Lipinski definition) is 4. The SMILES string of the molecule is CC[C@H](C(=O)N[C@@H](C)[C@H](C)n1cncn1)N1CCCC1=O. The molecule has 0 aliphatic carbocycles. The monoisotopic (exact) mass is 293 g/mol. The van der Waals surface area contributed by atoms with Gasteiger partial charge in [-0.05, 0) is 26.7 Å². The predicted molar refractivity (Wildman–Crippen MR) is 77.4 cm³/mol. The number of aromatic nitrogens is 3. The molecular weight excluding hydrogens is 270 g/mol. The molecule has 21 heavy (non-hydrogen) atoms. The van der Waals surface area contributed by atoms with Crippen LogP contribution in [0.5, 0.6) is 0 Å². The predicted octanol–water partition coefficient (Wildman–Crippen LogP) is 0.745. The molecule has 1 aromatic heterocycles. The molecule has 1 aromatic rings. The lowest BCUT2D eigenvalue weighted by Gasteiger charge is -2.29. The van der Waals surface area contributed by atoms with Gasteiger partial charge in [-0.1, -0.05) is 6.92 Å². The Hall–Kier alpha value is -1.92. The van der Waals surface area contributed by atoms with Crippen molar-refractivity contribution in [1.82, 2.24) is 25.0 Å². The molecule has 2 amide bonds. The second kappa shape index (κ2) is 6.69. The summed E-state index contributed by atoms with van der Waals surface area (Å²) in [4.78, 5) is 29.9. The third-order valence-corrected chi connectivity index (χ3v) is 4.12. The first-order valence-corrected chi connectivity index (χ1v) is 7.48. The van der Waals surface area contributed by atoms with Crippen LogP contribution in [0.3, 0.4) is 0 Å². The lowest BCUT2D eigenvalue weighted by Crippen LogP contribution is -2.50. The van der Waals surface area contributed by atoms with Gasteiger partial charge in [0.15, 0.2) is 0 Å². The molecular formula is C14H23N5O2. The molecule has 0 unspecified atom stereocenters. The number of rotatable bonds is 6. The fourth-order valence-electron chi connectivity index (χ4n) is 2.64. The van der Waals surface area contributed by atoms with Gasteiger partial charge in [0.2, 0.25) is 11.8 Å². The summed E-state index contributed by atoms with van der Waals surface area (Å²) in [5.74, 6) is -0.0128. The number of carbonyl (C=O) groups is 2. The third-order valence-electron chi connectivity index (χ3n) is 4.12. The summed E-state index contributed by atoms with van der Waals surface area (Å²) in [6.45, 7) is 6.52. The Bertz CT molecular complexity index is 488. The largest absolute Gasteiger partial charge is 0.350 e. The van der Waals surface area contributed by atoms with E-state index in [0.717, 1.165) is 6.42 Å². The molecule has 1 fully saturated rings. The minimum Gasteiger partial charge on any atom is -0.350 e. The van der Waals surface area contributed by atoms with Gasteiger partial charge in [0.25, 0.3) is 0 Å². The maximum atomic E-state index is 12.4. The van der Waals surface area contributed by atoms with E-state index >= 15 is 0 Å². The van der Waals surface area contributed by atoms with Gasteiger partial charge in [-0.2, -0.15) is 5.10 Å². The fraction of sp³-hybridized carbons (Fsp3) is 0.714. The van der Waals surface area contributed by atoms with Crippen LogP contribution in [0.25, 0.3) is 0 Å². The topological polar surface area (TPSA) is 80.1 Å². The van der Waals surface area contributed by atoms with E-state index in [0.29, 0.717) is 19.4 Å². The highest BCUT2D eigenvalue weighted by Crippen LogP contribution is 2.17. The van der Waals surface area contributed by atoms with Crippen molar-refractivity contribution < 1.29 is 9.59 Å². The fourth-order valence-corrected chi connectivity index (χ4v) is 2.64. The van der Waals surface area contributed by atoms with Crippen LogP contribution in [0.1, 0.15) is 46.1 Å². The first-order valence-electron chi connectivity index (χ1n) is 7.48. The van der Waals surface area contributed by atoms with E-state index in [4.69, 9.17) is 0 Å². The molecule has 3 atom stereocenters. The van der Waals surface area contributed by atoms with E-state index < -0.39 is 0 Å². The van der Waals surface area contributed by atoms with Crippen molar-refractivity contribution in [3.05, 3.63) is 12.7 Å². The zero-order valence-electron chi connectivity index (χ0n) is 12.8. The smallest absolute Gasteiger partial charge is 0.243 e. The maximum Gasteiger partial charge on any atom is 0.243 e. The molecule has 2 rings (SSSR count). The Balaban J connectivity index is 1.97. The van der Waals surface area contributed by atoms with Gasteiger partial charge in [-0.25, -0.2) is 9.67 Å². The van der Waals surface area contributed by atoms with Gasteiger partial charge < -0.3 is 10.2 Å². The number of amides is 2. The minimum atomic E-state index is -0.370. The van der Waals surface area contributed by atoms with E-state index in [1.165, 1.54) is 6.33 Å². The third kappa shape index (κ3) is 3.40. The first kappa shape index (κ1) is 15.5. The van der Waals surface area contributed by atoms with Crippen LogP contribution in [0.15, 0.2) is 12.7 Å². The zero-order chi connectivity index (χ0) is 15.4. The standard InChI is InChI=1S/C14H23N5O2/c1-4-12(18-7-5-6-13(18)20)14(21)17-10(2)11(3)19-9-15-8-16-19/h8-12H,4-7H2,1-3H3,(H,17,21)/t10-,11-,12+/m0/s1. The average Bonchev–Trinajstić information content (AvgIpc) is 3.11. The van der Waals surface area contributed by atoms with Crippen LogP contribution < -0.4 is 5.32 Å². The van der Waals surface area contributed by atoms with Crippen LogP contribution in [0, 0.1) is 0 Å². The summed E-state index contributed by atoms with van der Waals surface area (Å²) in [7, 11) is 0. The Morgan fingerprint density at radius 2 is 2.24 bits per heavy atom. The number of nitrogens with zero attached hydrogens (tertiary/aromatic N) is 4. The van der Waals surface area contributed by atoms with E-state index in [1.807, 2.05) is 20.8 Å². The van der Waals surface area contributed by atoms with E-state index in [9.17, 15) is 9.59 Å². The van der Waals surface area contributed by atoms with Gasteiger partial charge in [0.1, 0.15) is 18.7 Å². The highest BCUT2D eigenvalue weighted by Gasteiger charge is 2.32. The van der Waals surface area contributed by atoms with Crippen molar-refractivity contribution in [3.8, 4) is 0 Å². The second-order valence-electron chi connectivity index (χ2n) is 5.53. The number of hydrogen-bond donors (Lipinski definition) is 1. The van der Waals surface area contributed by atoms with Gasteiger partial charge in [0, 0.05) is 19.0 Å². The molecule has 7 heteroatoms. The van der Waals surface area contributed by atoms with Crippen molar-refractivity contribution in [2.75, 3.05) is 6.54 Å². The molecule has 1 aliphatic heterocycles. The summed E-state index contributed by atoms with van der Waals surface area (Å²) < 4.78 is 1.72. The summed E-state index contributed by atoms with van der Waals surface area (Å²) >= 11 is 0. The van der Waals surface area contributed by atoms with E-state index in [2.05, 4.69) is 15.4 Å². The molecule has 0 radical (unpaired) electrons. The van der Waals surface area contributed by atoms with Crippen molar-refractivity contribution in [3.63, 3.8) is 0 Å². The Kier molecular flexibility index (Phi) is 4.93. The van der Waals surface area contributed by atoms with Gasteiger partial charge >= 0.3 is 0 Å². The number of nitrogens with one attached hydrogen (secondary N) is 1. The van der Waals surface area contributed by atoms with Gasteiger partial charge in [-0.3, -0.25) is 9.59 Å².